The molecule has 1 aromatic carbocycles. The second-order valence-corrected chi connectivity index (χ2v) is 6.75. The van der Waals surface area contributed by atoms with Gasteiger partial charge in [-0.1, -0.05) is 18.6 Å². The Balaban J connectivity index is 1.43. The first-order chi connectivity index (χ1) is 11.8. The van der Waals surface area contributed by atoms with Crippen LogP contribution in [0.2, 0.25) is 0 Å². The van der Waals surface area contributed by atoms with Gasteiger partial charge in [-0.15, -0.1) is 0 Å². The van der Waals surface area contributed by atoms with Gasteiger partial charge in [-0.05, 0) is 62.4 Å². The van der Waals surface area contributed by atoms with Crippen LogP contribution in [-0.2, 0) is 17.8 Å². The Labute approximate surface area is 144 Å². The van der Waals surface area contributed by atoms with Gasteiger partial charge >= 0.3 is 0 Å². The Kier molecular flexibility index (Phi) is 5.91. The number of aryl methyl sites for hydroxylation is 2. The van der Waals surface area contributed by atoms with Gasteiger partial charge in [0.15, 0.2) is 0 Å². The lowest BCUT2D eigenvalue weighted by molar-refractivity contribution is -0.121. The average Bonchev–Trinajstić information content (AvgIpc) is 3.03. The maximum atomic E-state index is 12.1. The lowest BCUT2D eigenvalue weighted by Gasteiger charge is -2.26. The largest absolute Gasteiger partial charge is 0.355 e. The summed E-state index contributed by atoms with van der Waals surface area (Å²) in [6.07, 6.45) is 7.46. The van der Waals surface area contributed by atoms with Crippen LogP contribution in [0.25, 0.3) is 10.9 Å². The summed E-state index contributed by atoms with van der Waals surface area (Å²) in [4.78, 5) is 14.5. The van der Waals surface area contributed by atoms with Gasteiger partial charge in [-0.25, -0.2) is 0 Å². The molecule has 0 saturated carbocycles. The molecule has 1 aliphatic heterocycles. The minimum Gasteiger partial charge on any atom is -0.355 e. The molecule has 24 heavy (non-hydrogen) atoms. The van der Waals surface area contributed by atoms with E-state index in [1.807, 2.05) is 0 Å². The molecule has 1 aliphatic rings. The predicted molar refractivity (Wildman–Crippen MR) is 99.2 cm³/mol. The number of nitrogens with zero attached hydrogens (tertiary/aromatic N) is 2. The fourth-order valence-electron chi connectivity index (χ4n) is 3.54. The summed E-state index contributed by atoms with van der Waals surface area (Å²) in [5, 5.41) is 4.34. The van der Waals surface area contributed by atoms with Gasteiger partial charge in [-0.3, -0.25) is 4.79 Å². The first-order valence-electron chi connectivity index (χ1n) is 9.33. The number of amides is 1. The summed E-state index contributed by atoms with van der Waals surface area (Å²) in [7, 11) is 0. The minimum atomic E-state index is 0.165. The maximum Gasteiger partial charge on any atom is 0.220 e. The maximum absolute atomic E-state index is 12.1. The van der Waals surface area contributed by atoms with Gasteiger partial charge in [0.1, 0.15) is 0 Å². The number of fused-ring (bicyclic) bond motifs is 1. The molecule has 3 rings (SSSR count). The van der Waals surface area contributed by atoms with Gasteiger partial charge < -0.3 is 14.8 Å². The third kappa shape index (κ3) is 4.38. The lowest BCUT2D eigenvalue weighted by atomic mass is 10.1. The van der Waals surface area contributed by atoms with Gasteiger partial charge in [-0.2, -0.15) is 0 Å². The van der Waals surface area contributed by atoms with E-state index < -0.39 is 0 Å². The number of hydrogen-bond donors (Lipinski definition) is 1. The van der Waals surface area contributed by atoms with E-state index in [9.17, 15) is 4.79 Å². The first kappa shape index (κ1) is 17.0. The monoisotopic (exact) mass is 327 g/mol. The van der Waals surface area contributed by atoms with E-state index in [2.05, 4.69) is 52.2 Å². The summed E-state index contributed by atoms with van der Waals surface area (Å²) in [5.41, 5.74) is 2.50. The first-order valence-corrected chi connectivity index (χ1v) is 9.33. The normalized spacial score (nSPS) is 15.7. The van der Waals surface area contributed by atoms with Crippen LogP contribution < -0.4 is 5.32 Å². The number of likely N-dealkylation sites (tertiary alicyclic amines) is 1. The third-order valence-corrected chi connectivity index (χ3v) is 5.02. The summed E-state index contributed by atoms with van der Waals surface area (Å²) < 4.78 is 2.25. The molecule has 0 atom stereocenters. The fraction of sp³-hybridized carbons (Fsp3) is 0.550. The molecule has 0 spiro atoms. The van der Waals surface area contributed by atoms with Gasteiger partial charge in [0.2, 0.25) is 5.91 Å². The van der Waals surface area contributed by atoms with Crippen molar-refractivity contribution in [2.75, 3.05) is 26.2 Å². The number of carbonyl (C=O) groups excluding carboxylic acids is 1. The van der Waals surface area contributed by atoms with E-state index in [4.69, 9.17) is 0 Å². The second kappa shape index (κ2) is 8.34. The highest BCUT2D eigenvalue weighted by Crippen LogP contribution is 2.18. The number of hydrogen-bond acceptors (Lipinski definition) is 2. The summed E-state index contributed by atoms with van der Waals surface area (Å²) in [5.74, 6) is 0.165. The van der Waals surface area contributed by atoms with Crippen LogP contribution in [0.3, 0.4) is 0 Å². The smallest absolute Gasteiger partial charge is 0.220 e. The highest BCUT2D eigenvalue weighted by molar-refractivity contribution is 5.81. The lowest BCUT2D eigenvalue weighted by Crippen LogP contribution is -2.37. The number of rotatable bonds is 7. The average molecular weight is 327 g/mol. The molecular weight excluding hydrogens is 298 g/mol. The van der Waals surface area contributed by atoms with E-state index in [0.717, 1.165) is 26.1 Å². The minimum absolute atomic E-state index is 0.165. The van der Waals surface area contributed by atoms with Crippen molar-refractivity contribution in [3.8, 4) is 0 Å². The molecule has 4 nitrogen and oxygen atoms in total. The van der Waals surface area contributed by atoms with Gasteiger partial charge in [0, 0.05) is 37.8 Å². The zero-order chi connectivity index (χ0) is 16.8. The Morgan fingerprint density at radius 3 is 2.79 bits per heavy atom. The van der Waals surface area contributed by atoms with Crippen molar-refractivity contribution in [1.82, 2.24) is 14.8 Å². The van der Waals surface area contributed by atoms with Crippen molar-refractivity contribution >= 4 is 16.8 Å². The SMILES string of the molecule is CCn1ccc2ccc(CCC(=O)NCCN3CCCCC3)cc21. The van der Waals surface area contributed by atoms with Crippen molar-refractivity contribution in [3.63, 3.8) is 0 Å². The Hall–Kier alpha value is -1.81. The Morgan fingerprint density at radius 2 is 2.00 bits per heavy atom. The molecule has 130 valence electrons. The van der Waals surface area contributed by atoms with Crippen LogP contribution in [0.5, 0.6) is 0 Å². The molecule has 0 radical (unpaired) electrons. The Morgan fingerprint density at radius 1 is 1.17 bits per heavy atom. The molecule has 0 aliphatic carbocycles. The van der Waals surface area contributed by atoms with Crippen LogP contribution in [0.1, 0.15) is 38.2 Å². The molecule has 0 unspecified atom stereocenters. The van der Waals surface area contributed by atoms with Crippen molar-refractivity contribution in [1.29, 1.82) is 0 Å². The van der Waals surface area contributed by atoms with Crippen LogP contribution in [0, 0.1) is 0 Å². The standard InChI is InChI=1S/C20H29N3O/c1-2-23-14-10-18-8-6-17(16-19(18)23)7-9-20(24)21-11-15-22-12-4-3-5-13-22/h6,8,10,14,16H,2-5,7,9,11-13,15H2,1H3,(H,21,24). The third-order valence-electron chi connectivity index (χ3n) is 5.02. The number of aromatic nitrogens is 1. The predicted octanol–water partition coefficient (Wildman–Crippen LogP) is 3.20. The quantitative estimate of drug-likeness (QED) is 0.848. The molecule has 1 fully saturated rings. The van der Waals surface area contributed by atoms with Crippen LogP contribution in [-0.4, -0.2) is 41.6 Å². The molecule has 2 heterocycles. The Bertz CT molecular complexity index is 671. The van der Waals surface area contributed by atoms with Crippen LogP contribution in [0.15, 0.2) is 30.5 Å². The fourth-order valence-corrected chi connectivity index (χ4v) is 3.54. The number of benzene rings is 1. The molecule has 1 saturated heterocycles. The van der Waals surface area contributed by atoms with E-state index in [1.165, 1.54) is 48.8 Å². The highest BCUT2D eigenvalue weighted by Gasteiger charge is 2.10. The van der Waals surface area contributed by atoms with Crippen LogP contribution in [0.4, 0.5) is 0 Å². The van der Waals surface area contributed by atoms with E-state index in [1.54, 1.807) is 0 Å². The van der Waals surface area contributed by atoms with Crippen molar-refractivity contribution in [2.24, 2.45) is 0 Å². The second-order valence-electron chi connectivity index (χ2n) is 6.75. The molecule has 2 aromatic rings. The molecular formula is C20H29N3O. The van der Waals surface area contributed by atoms with E-state index >= 15 is 0 Å². The van der Waals surface area contributed by atoms with Gasteiger partial charge in [0.25, 0.3) is 0 Å². The summed E-state index contributed by atoms with van der Waals surface area (Å²) in [6, 6.07) is 8.67. The van der Waals surface area contributed by atoms with Crippen molar-refractivity contribution in [3.05, 3.63) is 36.0 Å². The molecule has 0 bridgehead atoms. The van der Waals surface area contributed by atoms with Crippen molar-refractivity contribution < 1.29 is 4.79 Å². The van der Waals surface area contributed by atoms with Gasteiger partial charge in [0.05, 0.1) is 0 Å². The van der Waals surface area contributed by atoms with E-state index in [0.29, 0.717) is 6.42 Å². The molecule has 1 aromatic heterocycles. The summed E-state index contributed by atoms with van der Waals surface area (Å²) in [6.45, 7) is 7.27. The molecule has 4 heteroatoms. The van der Waals surface area contributed by atoms with E-state index in [-0.39, 0.29) is 5.91 Å². The zero-order valence-electron chi connectivity index (χ0n) is 14.8. The van der Waals surface area contributed by atoms with Crippen molar-refractivity contribution in [2.45, 2.75) is 45.6 Å². The van der Waals surface area contributed by atoms with Crippen LogP contribution >= 0.6 is 0 Å². The topological polar surface area (TPSA) is 37.3 Å². The number of piperidine rings is 1. The zero-order valence-corrected chi connectivity index (χ0v) is 14.8. The summed E-state index contributed by atoms with van der Waals surface area (Å²) >= 11 is 0. The number of nitrogens with one attached hydrogen (secondary N) is 1. The highest BCUT2D eigenvalue weighted by atomic mass is 16.1. The molecule has 1 N–H and O–H groups in total. The number of carbonyl (C=O) groups is 1. The molecule has 1 amide bonds.